The van der Waals surface area contributed by atoms with E-state index < -0.39 is 0 Å². The number of rotatable bonds is 3. The lowest BCUT2D eigenvalue weighted by molar-refractivity contribution is 0.411. The maximum atomic E-state index is 11.9. The van der Waals surface area contributed by atoms with Crippen molar-refractivity contribution in [3.05, 3.63) is 40.8 Å². The van der Waals surface area contributed by atoms with Gasteiger partial charge in [-0.3, -0.25) is 9.89 Å². The van der Waals surface area contributed by atoms with Crippen molar-refractivity contribution >= 4 is 5.69 Å². The normalized spacial score (nSPS) is 10.1. The number of H-pyrrole nitrogens is 1. The average molecular weight is 219 g/mol. The number of methoxy groups -OCH3 is 1. The maximum absolute atomic E-state index is 11.9. The van der Waals surface area contributed by atoms with Gasteiger partial charge in [-0.25, -0.2) is 4.68 Å². The summed E-state index contributed by atoms with van der Waals surface area (Å²) >= 11 is 0. The summed E-state index contributed by atoms with van der Waals surface area (Å²) in [6, 6.07) is 7.33. The summed E-state index contributed by atoms with van der Waals surface area (Å²) in [5.74, 6) is 0.647. The lowest BCUT2D eigenvalue weighted by Gasteiger charge is -2.07. The highest BCUT2D eigenvalue weighted by molar-refractivity contribution is 5.48. The van der Waals surface area contributed by atoms with Crippen molar-refractivity contribution in [1.29, 1.82) is 0 Å². The Morgan fingerprint density at radius 1 is 1.38 bits per heavy atom. The highest BCUT2D eigenvalue weighted by atomic mass is 16.5. The molecule has 2 rings (SSSR count). The van der Waals surface area contributed by atoms with Crippen LogP contribution in [-0.2, 0) is 0 Å². The molecule has 0 unspecified atom stereocenters. The van der Waals surface area contributed by atoms with Gasteiger partial charge in [-0.1, -0.05) is 12.1 Å². The first-order chi connectivity index (χ1) is 7.77. The molecule has 2 N–H and O–H groups in total. The lowest BCUT2D eigenvalue weighted by atomic mass is 10.3. The molecule has 0 amide bonds. The number of benzene rings is 1. The molecule has 1 aromatic carbocycles. The van der Waals surface area contributed by atoms with Crippen molar-refractivity contribution in [2.24, 2.45) is 0 Å². The van der Waals surface area contributed by atoms with Gasteiger partial charge in [0.05, 0.1) is 7.11 Å². The molecule has 5 nitrogen and oxygen atoms in total. The number of hydrogen-bond acceptors (Lipinski definition) is 3. The molecular formula is C11H13N3O2. The number of aromatic nitrogens is 2. The minimum Gasteiger partial charge on any atom is -0.494 e. The van der Waals surface area contributed by atoms with Crippen LogP contribution in [0.25, 0.3) is 5.69 Å². The minimum absolute atomic E-state index is 0.132. The molecular weight excluding hydrogens is 206 g/mol. The van der Waals surface area contributed by atoms with Crippen molar-refractivity contribution in [3.8, 4) is 11.4 Å². The fourth-order valence-corrected chi connectivity index (χ4v) is 1.54. The standard InChI is InChI=1S/C11H13N3O2/c1-12-8-7-13-14(11(8)15)9-5-3-4-6-10(9)16-2/h3-7,12-13H,1-2H3. The summed E-state index contributed by atoms with van der Waals surface area (Å²) in [5.41, 5.74) is 1.08. The molecule has 0 radical (unpaired) electrons. The first kappa shape index (κ1) is 10.4. The van der Waals surface area contributed by atoms with E-state index in [1.165, 1.54) is 4.68 Å². The third kappa shape index (κ3) is 1.56. The minimum atomic E-state index is -0.132. The van der Waals surface area contributed by atoms with Crippen LogP contribution in [0.2, 0.25) is 0 Å². The molecule has 0 aliphatic heterocycles. The molecule has 0 fully saturated rings. The zero-order chi connectivity index (χ0) is 11.5. The van der Waals surface area contributed by atoms with Crippen molar-refractivity contribution in [3.63, 3.8) is 0 Å². The fourth-order valence-electron chi connectivity index (χ4n) is 1.54. The van der Waals surface area contributed by atoms with E-state index in [1.54, 1.807) is 20.4 Å². The number of anilines is 1. The number of nitrogens with one attached hydrogen (secondary N) is 2. The topological polar surface area (TPSA) is 59.1 Å². The fraction of sp³-hybridized carbons (Fsp3) is 0.182. The van der Waals surface area contributed by atoms with Gasteiger partial charge in [0.25, 0.3) is 5.56 Å². The second-order valence-electron chi connectivity index (χ2n) is 3.25. The predicted molar refractivity (Wildman–Crippen MR) is 62.5 cm³/mol. The summed E-state index contributed by atoms with van der Waals surface area (Å²) in [6.07, 6.45) is 1.62. The Morgan fingerprint density at radius 2 is 2.12 bits per heavy atom. The number of aromatic amines is 1. The summed E-state index contributed by atoms with van der Waals surface area (Å²) in [7, 11) is 3.28. The molecule has 5 heteroatoms. The zero-order valence-corrected chi connectivity index (χ0v) is 9.15. The molecule has 84 valence electrons. The van der Waals surface area contributed by atoms with Crippen molar-refractivity contribution in [2.45, 2.75) is 0 Å². The SMILES string of the molecule is CNc1c[nH]n(-c2ccccc2OC)c1=O. The van der Waals surface area contributed by atoms with E-state index >= 15 is 0 Å². The largest absolute Gasteiger partial charge is 0.494 e. The zero-order valence-electron chi connectivity index (χ0n) is 9.15. The van der Waals surface area contributed by atoms with E-state index in [0.717, 1.165) is 0 Å². The highest BCUT2D eigenvalue weighted by Crippen LogP contribution is 2.20. The predicted octanol–water partition coefficient (Wildman–Crippen LogP) is 1.22. The van der Waals surface area contributed by atoms with Crippen LogP contribution in [0.5, 0.6) is 5.75 Å². The lowest BCUT2D eigenvalue weighted by Crippen LogP contribution is -2.17. The second kappa shape index (κ2) is 4.14. The van der Waals surface area contributed by atoms with Gasteiger partial charge in [0.2, 0.25) is 0 Å². The molecule has 0 spiro atoms. The van der Waals surface area contributed by atoms with Gasteiger partial charge in [-0.2, -0.15) is 0 Å². The van der Waals surface area contributed by atoms with Crippen LogP contribution in [0.3, 0.4) is 0 Å². The van der Waals surface area contributed by atoms with Gasteiger partial charge >= 0.3 is 0 Å². The Balaban J connectivity index is 2.59. The Labute approximate surface area is 92.7 Å². The summed E-state index contributed by atoms with van der Waals surface area (Å²) < 4.78 is 6.63. The van der Waals surface area contributed by atoms with Gasteiger partial charge in [0.1, 0.15) is 17.1 Å². The number of hydrogen-bond donors (Lipinski definition) is 2. The number of para-hydroxylation sites is 2. The van der Waals surface area contributed by atoms with Crippen LogP contribution in [0.4, 0.5) is 5.69 Å². The van der Waals surface area contributed by atoms with Crippen LogP contribution in [0, 0.1) is 0 Å². The highest BCUT2D eigenvalue weighted by Gasteiger charge is 2.09. The van der Waals surface area contributed by atoms with Crippen LogP contribution in [-0.4, -0.2) is 23.9 Å². The Morgan fingerprint density at radius 3 is 2.75 bits per heavy atom. The summed E-state index contributed by atoms with van der Waals surface area (Å²) in [5, 5.41) is 5.70. The van der Waals surface area contributed by atoms with Gasteiger partial charge in [0, 0.05) is 13.2 Å². The first-order valence-corrected chi connectivity index (χ1v) is 4.89. The Kier molecular flexibility index (Phi) is 2.68. The van der Waals surface area contributed by atoms with Crippen molar-refractivity contribution < 1.29 is 4.74 Å². The summed E-state index contributed by atoms with van der Waals surface area (Å²) in [4.78, 5) is 11.9. The van der Waals surface area contributed by atoms with Crippen LogP contribution in [0.1, 0.15) is 0 Å². The maximum Gasteiger partial charge on any atom is 0.294 e. The van der Waals surface area contributed by atoms with E-state index in [1.807, 2.05) is 24.3 Å². The smallest absolute Gasteiger partial charge is 0.294 e. The van der Waals surface area contributed by atoms with Gasteiger partial charge in [0.15, 0.2) is 0 Å². The summed E-state index contributed by atoms with van der Waals surface area (Å²) in [6.45, 7) is 0. The average Bonchev–Trinajstić information content (AvgIpc) is 2.70. The number of nitrogens with zero attached hydrogens (tertiary/aromatic N) is 1. The van der Waals surface area contributed by atoms with E-state index in [9.17, 15) is 4.79 Å². The Bertz CT molecular complexity index is 542. The van der Waals surface area contributed by atoms with Crippen molar-refractivity contribution in [2.75, 3.05) is 19.5 Å². The molecule has 1 aromatic heterocycles. The van der Waals surface area contributed by atoms with Gasteiger partial charge in [-0.15, -0.1) is 0 Å². The van der Waals surface area contributed by atoms with E-state index in [2.05, 4.69) is 10.4 Å². The van der Waals surface area contributed by atoms with E-state index in [4.69, 9.17) is 4.74 Å². The van der Waals surface area contributed by atoms with Crippen LogP contribution >= 0.6 is 0 Å². The first-order valence-electron chi connectivity index (χ1n) is 4.89. The molecule has 16 heavy (non-hydrogen) atoms. The van der Waals surface area contributed by atoms with Crippen LogP contribution < -0.4 is 15.6 Å². The number of ether oxygens (including phenoxy) is 1. The molecule has 1 heterocycles. The molecule has 0 saturated carbocycles. The molecule has 0 bridgehead atoms. The van der Waals surface area contributed by atoms with Gasteiger partial charge in [-0.05, 0) is 12.1 Å². The van der Waals surface area contributed by atoms with Crippen molar-refractivity contribution in [1.82, 2.24) is 9.78 Å². The Hall–Kier alpha value is -2.17. The van der Waals surface area contributed by atoms with Gasteiger partial charge < -0.3 is 10.1 Å². The third-order valence-corrected chi connectivity index (χ3v) is 2.37. The molecule has 0 aliphatic rings. The quantitative estimate of drug-likeness (QED) is 0.815. The second-order valence-corrected chi connectivity index (χ2v) is 3.25. The molecule has 2 aromatic rings. The van der Waals surface area contributed by atoms with E-state index in [0.29, 0.717) is 17.1 Å². The molecule has 0 aliphatic carbocycles. The van der Waals surface area contributed by atoms with Crippen LogP contribution in [0.15, 0.2) is 35.3 Å². The molecule has 0 saturated heterocycles. The molecule has 0 atom stereocenters. The monoisotopic (exact) mass is 219 g/mol. The van der Waals surface area contributed by atoms with E-state index in [-0.39, 0.29) is 5.56 Å². The third-order valence-electron chi connectivity index (χ3n) is 2.37.